The molecule has 3 aromatic heterocycles. The molecule has 0 saturated carbocycles. The third-order valence-corrected chi connectivity index (χ3v) is 4.08. The van der Waals surface area contributed by atoms with Crippen LogP contribution in [0.2, 0.25) is 0 Å². The lowest BCUT2D eigenvalue weighted by atomic mass is 10.1. The molecule has 0 aliphatic rings. The van der Waals surface area contributed by atoms with Crippen molar-refractivity contribution in [1.29, 1.82) is 0 Å². The molecule has 0 aromatic carbocycles. The minimum absolute atomic E-state index is 0.0469. The molecule has 4 N–H and O–H groups in total. The number of hydrogen-bond donors (Lipinski definition) is 3. The molecular formula is C15H15F3N8O2. The molecule has 0 unspecified atom stereocenters. The number of nitrogens with two attached hydrogens (primary N) is 1. The van der Waals surface area contributed by atoms with Crippen LogP contribution in [-0.4, -0.2) is 41.6 Å². The lowest BCUT2D eigenvalue weighted by molar-refractivity contribution is -0.144. The van der Waals surface area contributed by atoms with Gasteiger partial charge in [-0.05, 0) is 25.8 Å². The Labute approximate surface area is 155 Å². The Hall–Kier alpha value is -3.51. The maximum absolute atomic E-state index is 12.5. The molecule has 2 amide bonds. The standard InChI is InChI=1S/C15H15F3N8O2/c1-6-8(7(2)26-12(21-6)9(5-20-26)11(19)28)3-4-10(27)22-14-23-13(24-25-14)15(16,17)18/h5H,3-4H2,1-2H3,(H2,19,28)(H2,22,23,24,25,27). The molecule has 0 aliphatic carbocycles. The van der Waals surface area contributed by atoms with Gasteiger partial charge in [-0.15, -0.1) is 5.10 Å². The minimum atomic E-state index is -4.68. The zero-order valence-corrected chi connectivity index (χ0v) is 14.8. The van der Waals surface area contributed by atoms with Gasteiger partial charge in [0, 0.05) is 17.8 Å². The number of carbonyl (C=O) groups is 2. The SMILES string of the molecule is Cc1nc2c(C(N)=O)cnn2c(C)c1CCC(=O)Nc1n[nH]c(C(F)(F)F)n1. The number of nitrogens with zero attached hydrogens (tertiary/aromatic N) is 5. The number of carbonyl (C=O) groups excluding carboxylic acids is 2. The number of amides is 2. The molecule has 0 atom stereocenters. The molecule has 148 valence electrons. The summed E-state index contributed by atoms with van der Waals surface area (Å²) < 4.78 is 38.9. The predicted molar refractivity (Wildman–Crippen MR) is 89.3 cm³/mol. The number of rotatable bonds is 5. The average Bonchev–Trinajstić information content (AvgIpc) is 3.21. The van der Waals surface area contributed by atoms with E-state index in [-0.39, 0.29) is 18.4 Å². The fourth-order valence-electron chi connectivity index (χ4n) is 2.72. The molecule has 28 heavy (non-hydrogen) atoms. The highest BCUT2D eigenvalue weighted by Crippen LogP contribution is 2.26. The molecule has 3 rings (SSSR count). The molecule has 0 radical (unpaired) electrons. The van der Waals surface area contributed by atoms with Crippen LogP contribution in [0.4, 0.5) is 19.1 Å². The molecule has 3 heterocycles. The fraction of sp³-hybridized carbons (Fsp3) is 0.333. The minimum Gasteiger partial charge on any atom is -0.365 e. The van der Waals surface area contributed by atoms with Crippen LogP contribution in [0.1, 0.15) is 39.6 Å². The maximum atomic E-state index is 12.5. The first kappa shape index (κ1) is 19.3. The number of alkyl halides is 3. The highest BCUT2D eigenvalue weighted by molar-refractivity contribution is 5.98. The number of H-pyrrole nitrogens is 1. The Bertz CT molecular complexity index is 1070. The van der Waals surface area contributed by atoms with Gasteiger partial charge in [0.25, 0.3) is 5.91 Å². The normalized spacial score (nSPS) is 11.8. The second kappa shape index (κ2) is 6.90. The van der Waals surface area contributed by atoms with Crippen molar-refractivity contribution in [3.8, 4) is 0 Å². The highest BCUT2D eigenvalue weighted by atomic mass is 19.4. The van der Waals surface area contributed by atoms with E-state index in [1.165, 1.54) is 10.7 Å². The molecule has 3 aromatic rings. The lowest BCUT2D eigenvalue weighted by Crippen LogP contribution is -2.16. The van der Waals surface area contributed by atoms with Crippen molar-refractivity contribution < 1.29 is 22.8 Å². The first-order valence-corrected chi connectivity index (χ1v) is 8.01. The number of nitrogens with one attached hydrogen (secondary N) is 2. The van der Waals surface area contributed by atoms with Gasteiger partial charge < -0.3 is 5.73 Å². The monoisotopic (exact) mass is 396 g/mol. The summed E-state index contributed by atoms with van der Waals surface area (Å²) in [6.45, 7) is 3.46. The van der Waals surface area contributed by atoms with Crippen molar-refractivity contribution in [3.05, 3.63) is 34.5 Å². The van der Waals surface area contributed by atoms with Gasteiger partial charge >= 0.3 is 6.18 Å². The van der Waals surface area contributed by atoms with E-state index in [1.54, 1.807) is 18.9 Å². The van der Waals surface area contributed by atoms with Crippen molar-refractivity contribution in [3.63, 3.8) is 0 Å². The summed E-state index contributed by atoms with van der Waals surface area (Å²) in [5.41, 5.74) is 7.75. The zero-order chi connectivity index (χ0) is 20.6. The van der Waals surface area contributed by atoms with Crippen LogP contribution in [0, 0.1) is 13.8 Å². The Balaban J connectivity index is 1.73. The lowest BCUT2D eigenvalue weighted by Gasteiger charge is -2.11. The Morgan fingerprint density at radius 1 is 1.29 bits per heavy atom. The van der Waals surface area contributed by atoms with Crippen molar-refractivity contribution in [2.45, 2.75) is 32.9 Å². The van der Waals surface area contributed by atoms with E-state index in [0.717, 1.165) is 0 Å². The highest BCUT2D eigenvalue weighted by Gasteiger charge is 2.35. The molecule has 0 aliphatic heterocycles. The molecule has 10 nitrogen and oxygen atoms in total. The van der Waals surface area contributed by atoms with E-state index in [4.69, 9.17) is 5.73 Å². The molecule has 0 fully saturated rings. The number of anilines is 1. The summed E-state index contributed by atoms with van der Waals surface area (Å²) >= 11 is 0. The van der Waals surface area contributed by atoms with Gasteiger partial charge in [0.05, 0.1) is 6.20 Å². The van der Waals surface area contributed by atoms with E-state index < -0.39 is 29.8 Å². The van der Waals surface area contributed by atoms with Crippen molar-refractivity contribution >= 4 is 23.4 Å². The van der Waals surface area contributed by atoms with Crippen LogP contribution in [-0.2, 0) is 17.4 Å². The Morgan fingerprint density at radius 2 is 2.00 bits per heavy atom. The molecule has 0 spiro atoms. The number of halogens is 3. The van der Waals surface area contributed by atoms with Crippen LogP contribution in [0.5, 0.6) is 0 Å². The van der Waals surface area contributed by atoms with Crippen molar-refractivity contribution in [1.82, 2.24) is 29.8 Å². The van der Waals surface area contributed by atoms with Crippen LogP contribution >= 0.6 is 0 Å². The number of fused-ring (bicyclic) bond motifs is 1. The van der Waals surface area contributed by atoms with Gasteiger partial charge in [-0.3, -0.25) is 20.0 Å². The number of aromatic nitrogens is 6. The summed E-state index contributed by atoms with van der Waals surface area (Å²) in [5.74, 6) is -2.98. The van der Waals surface area contributed by atoms with Crippen LogP contribution < -0.4 is 11.1 Å². The smallest absolute Gasteiger partial charge is 0.365 e. The largest absolute Gasteiger partial charge is 0.451 e. The van der Waals surface area contributed by atoms with Crippen LogP contribution in [0.25, 0.3) is 5.65 Å². The zero-order valence-electron chi connectivity index (χ0n) is 14.8. The number of aryl methyl sites for hydroxylation is 2. The van der Waals surface area contributed by atoms with Gasteiger partial charge in [0.2, 0.25) is 17.7 Å². The second-order valence-electron chi connectivity index (χ2n) is 5.97. The van der Waals surface area contributed by atoms with Gasteiger partial charge in [0.1, 0.15) is 5.56 Å². The summed E-state index contributed by atoms with van der Waals surface area (Å²) in [6.07, 6.45) is -3.17. The van der Waals surface area contributed by atoms with Crippen LogP contribution in [0.3, 0.4) is 0 Å². The predicted octanol–water partition coefficient (Wildman–Crippen LogP) is 1.15. The van der Waals surface area contributed by atoms with Gasteiger partial charge in [0.15, 0.2) is 5.65 Å². The van der Waals surface area contributed by atoms with E-state index in [1.807, 2.05) is 0 Å². The van der Waals surface area contributed by atoms with E-state index >= 15 is 0 Å². The van der Waals surface area contributed by atoms with Gasteiger partial charge in [-0.1, -0.05) is 0 Å². The third-order valence-electron chi connectivity index (χ3n) is 4.08. The number of aromatic amines is 1. The summed E-state index contributed by atoms with van der Waals surface area (Å²) in [5, 5.41) is 11.3. The summed E-state index contributed by atoms with van der Waals surface area (Å²) in [7, 11) is 0. The van der Waals surface area contributed by atoms with E-state index in [0.29, 0.717) is 22.6 Å². The summed E-state index contributed by atoms with van der Waals surface area (Å²) in [4.78, 5) is 31.0. The molecule has 13 heteroatoms. The van der Waals surface area contributed by atoms with Crippen molar-refractivity contribution in [2.75, 3.05) is 5.32 Å². The average molecular weight is 396 g/mol. The molecular weight excluding hydrogens is 381 g/mol. The van der Waals surface area contributed by atoms with Crippen LogP contribution in [0.15, 0.2) is 6.20 Å². The van der Waals surface area contributed by atoms with Gasteiger partial charge in [-0.25, -0.2) is 9.50 Å². The van der Waals surface area contributed by atoms with Gasteiger partial charge in [-0.2, -0.15) is 23.3 Å². The number of hydrogen-bond acceptors (Lipinski definition) is 6. The van der Waals surface area contributed by atoms with E-state index in [2.05, 4.69) is 25.5 Å². The Morgan fingerprint density at radius 3 is 2.61 bits per heavy atom. The number of primary amides is 1. The third kappa shape index (κ3) is 3.63. The summed E-state index contributed by atoms with van der Waals surface area (Å²) in [6, 6.07) is 0. The molecule has 0 saturated heterocycles. The topological polar surface area (TPSA) is 144 Å². The first-order chi connectivity index (χ1) is 13.1. The van der Waals surface area contributed by atoms with E-state index in [9.17, 15) is 22.8 Å². The Kier molecular flexibility index (Phi) is 4.75. The fourth-order valence-corrected chi connectivity index (χ4v) is 2.72. The second-order valence-corrected chi connectivity index (χ2v) is 5.97. The molecule has 0 bridgehead atoms. The first-order valence-electron chi connectivity index (χ1n) is 8.01. The quantitative estimate of drug-likeness (QED) is 0.590. The van der Waals surface area contributed by atoms with Crippen molar-refractivity contribution in [2.24, 2.45) is 5.73 Å². The maximum Gasteiger partial charge on any atom is 0.451 e.